The van der Waals surface area contributed by atoms with Crippen LogP contribution in [-0.2, 0) is 16.0 Å². The number of rotatable bonds is 11. The maximum absolute atomic E-state index is 12.6. The van der Waals surface area contributed by atoms with E-state index in [1.54, 1.807) is 23.1 Å². The first-order valence-electron chi connectivity index (χ1n) is 12.3. The minimum atomic E-state index is -0.137. The molecule has 0 fully saturated rings. The number of unbranched alkanes of at least 4 members (excludes halogenated alkanes) is 1. The van der Waals surface area contributed by atoms with E-state index in [1.165, 1.54) is 0 Å². The van der Waals surface area contributed by atoms with Gasteiger partial charge in [-0.05, 0) is 80.3 Å². The van der Waals surface area contributed by atoms with Gasteiger partial charge in [-0.2, -0.15) is 0 Å². The first-order chi connectivity index (χ1) is 17.5. The first kappa shape index (κ1) is 25.1. The number of carbonyl (C=O) groups is 2. The Bertz CT molecular complexity index is 1190. The van der Waals surface area contributed by atoms with Crippen molar-refractivity contribution in [2.45, 2.75) is 33.1 Å². The predicted molar refractivity (Wildman–Crippen MR) is 140 cm³/mol. The quantitative estimate of drug-likeness (QED) is 0.377. The van der Waals surface area contributed by atoms with Crippen molar-refractivity contribution in [1.29, 1.82) is 0 Å². The van der Waals surface area contributed by atoms with Gasteiger partial charge < -0.3 is 24.4 Å². The number of ether oxygens (including phenoxy) is 3. The summed E-state index contributed by atoms with van der Waals surface area (Å²) in [5, 5.41) is 2.93. The third kappa shape index (κ3) is 6.78. The second kappa shape index (κ2) is 12.1. The molecule has 0 bridgehead atoms. The van der Waals surface area contributed by atoms with E-state index in [9.17, 15) is 9.59 Å². The lowest BCUT2D eigenvalue weighted by Gasteiger charge is -2.30. The van der Waals surface area contributed by atoms with E-state index in [0.717, 1.165) is 35.5 Å². The Hall–Kier alpha value is -4.00. The molecule has 0 aromatic heterocycles. The molecule has 0 unspecified atom stereocenters. The van der Waals surface area contributed by atoms with Crippen molar-refractivity contribution in [2.75, 3.05) is 36.6 Å². The first-order valence-corrected chi connectivity index (χ1v) is 12.3. The van der Waals surface area contributed by atoms with Crippen molar-refractivity contribution in [1.82, 2.24) is 0 Å². The van der Waals surface area contributed by atoms with Gasteiger partial charge in [-0.25, -0.2) is 0 Å². The third-order valence-electron chi connectivity index (χ3n) is 5.82. The van der Waals surface area contributed by atoms with Gasteiger partial charge in [0, 0.05) is 12.2 Å². The van der Waals surface area contributed by atoms with Crippen molar-refractivity contribution < 1.29 is 23.8 Å². The lowest BCUT2D eigenvalue weighted by molar-refractivity contribution is -0.121. The number of carbonyl (C=O) groups excluding carboxylic acids is 2. The van der Waals surface area contributed by atoms with E-state index >= 15 is 0 Å². The average Bonchev–Trinajstić information content (AvgIpc) is 2.86. The number of amides is 2. The minimum absolute atomic E-state index is 0.0102. The molecule has 3 aromatic carbocycles. The third-order valence-corrected chi connectivity index (χ3v) is 5.82. The lowest BCUT2D eigenvalue weighted by Crippen LogP contribution is -2.39. The fourth-order valence-electron chi connectivity index (χ4n) is 4.05. The normalized spacial score (nSPS) is 12.5. The SMILES string of the molecule is CCOc1ccc(CC(=O)Nc2ccc3c(c2)N(CCCCOc2cccc(C)c2)C(=O)CO3)cc1. The summed E-state index contributed by atoms with van der Waals surface area (Å²) in [6.07, 6.45) is 1.83. The zero-order valence-corrected chi connectivity index (χ0v) is 20.8. The molecular weight excluding hydrogens is 456 g/mol. The Kier molecular flexibility index (Phi) is 8.44. The molecule has 7 heteroatoms. The molecule has 188 valence electrons. The molecule has 7 nitrogen and oxygen atoms in total. The van der Waals surface area contributed by atoms with Gasteiger partial charge in [-0.1, -0.05) is 24.3 Å². The number of fused-ring (bicyclic) bond motifs is 1. The molecule has 36 heavy (non-hydrogen) atoms. The Balaban J connectivity index is 1.32. The van der Waals surface area contributed by atoms with Gasteiger partial charge in [0.1, 0.15) is 17.2 Å². The van der Waals surface area contributed by atoms with E-state index in [-0.39, 0.29) is 24.8 Å². The monoisotopic (exact) mass is 488 g/mol. The van der Waals surface area contributed by atoms with Crippen LogP contribution in [0.3, 0.4) is 0 Å². The van der Waals surface area contributed by atoms with E-state index in [1.807, 2.05) is 62.4 Å². The van der Waals surface area contributed by atoms with Crippen LogP contribution in [0, 0.1) is 6.92 Å². The fraction of sp³-hybridized carbons (Fsp3) is 0.310. The van der Waals surface area contributed by atoms with E-state index in [4.69, 9.17) is 14.2 Å². The maximum Gasteiger partial charge on any atom is 0.265 e. The van der Waals surface area contributed by atoms with Crippen molar-refractivity contribution in [3.05, 3.63) is 77.9 Å². The predicted octanol–water partition coefficient (Wildman–Crippen LogP) is 5.16. The number of hydrogen-bond donors (Lipinski definition) is 1. The number of nitrogens with one attached hydrogen (secondary N) is 1. The summed E-state index contributed by atoms with van der Waals surface area (Å²) in [5.41, 5.74) is 3.34. The van der Waals surface area contributed by atoms with Crippen LogP contribution in [0.25, 0.3) is 0 Å². The van der Waals surface area contributed by atoms with Crippen molar-refractivity contribution in [2.24, 2.45) is 0 Å². The van der Waals surface area contributed by atoms with Crippen LogP contribution in [0.15, 0.2) is 66.7 Å². The summed E-state index contributed by atoms with van der Waals surface area (Å²) in [7, 11) is 0. The highest BCUT2D eigenvalue weighted by Crippen LogP contribution is 2.35. The van der Waals surface area contributed by atoms with Crippen molar-refractivity contribution >= 4 is 23.2 Å². The summed E-state index contributed by atoms with van der Waals surface area (Å²) in [6, 6.07) is 20.8. The molecule has 2 amide bonds. The molecule has 0 aliphatic carbocycles. The molecule has 1 N–H and O–H groups in total. The molecule has 4 rings (SSSR count). The number of hydrogen-bond acceptors (Lipinski definition) is 5. The largest absolute Gasteiger partial charge is 0.494 e. The molecular formula is C29H32N2O5. The van der Waals surface area contributed by atoms with Crippen LogP contribution < -0.4 is 24.4 Å². The Morgan fingerprint density at radius 3 is 2.61 bits per heavy atom. The van der Waals surface area contributed by atoms with Gasteiger partial charge in [0.05, 0.1) is 25.3 Å². The summed E-state index contributed by atoms with van der Waals surface area (Å²) in [5.74, 6) is 2.04. The molecule has 1 aliphatic rings. The van der Waals surface area contributed by atoms with Gasteiger partial charge in [-0.3, -0.25) is 9.59 Å². The molecule has 0 saturated heterocycles. The fourth-order valence-corrected chi connectivity index (χ4v) is 4.05. The van der Waals surface area contributed by atoms with E-state index in [0.29, 0.717) is 36.9 Å². The van der Waals surface area contributed by atoms with Crippen molar-refractivity contribution in [3.8, 4) is 17.2 Å². The number of benzene rings is 3. The summed E-state index contributed by atoms with van der Waals surface area (Å²) in [6.45, 7) is 5.71. The Morgan fingerprint density at radius 2 is 1.83 bits per heavy atom. The van der Waals surface area contributed by atoms with Gasteiger partial charge in [-0.15, -0.1) is 0 Å². The maximum atomic E-state index is 12.6. The van der Waals surface area contributed by atoms with Gasteiger partial charge >= 0.3 is 0 Å². The molecule has 0 saturated carbocycles. The van der Waals surface area contributed by atoms with Crippen LogP contribution >= 0.6 is 0 Å². The molecule has 0 radical (unpaired) electrons. The highest BCUT2D eigenvalue weighted by molar-refractivity contribution is 5.99. The smallest absolute Gasteiger partial charge is 0.265 e. The Labute approximate surface area is 212 Å². The standard InChI is InChI=1S/C29H32N2O5/c1-3-34-24-12-9-22(10-13-24)18-28(32)30-23-11-14-27-26(19-23)31(29(33)20-36-27)15-4-5-16-35-25-8-6-7-21(2)17-25/h6-14,17,19H,3-5,15-16,18,20H2,1-2H3,(H,30,32). The van der Waals surface area contributed by atoms with Gasteiger partial charge in [0.15, 0.2) is 6.61 Å². The molecule has 1 heterocycles. The second-order valence-corrected chi connectivity index (χ2v) is 8.69. The van der Waals surface area contributed by atoms with E-state index in [2.05, 4.69) is 5.32 Å². The number of aryl methyl sites for hydroxylation is 1. The number of nitrogens with zero attached hydrogens (tertiary/aromatic N) is 1. The topological polar surface area (TPSA) is 77.1 Å². The Morgan fingerprint density at radius 1 is 1.00 bits per heavy atom. The van der Waals surface area contributed by atoms with Crippen LogP contribution in [0.5, 0.6) is 17.2 Å². The zero-order valence-electron chi connectivity index (χ0n) is 20.8. The van der Waals surface area contributed by atoms with Gasteiger partial charge in [0.25, 0.3) is 5.91 Å². The zero-order chi connectivity index (χ0) is 25.3. The summed E-state index contributed by atoms with van der Waals surface area (Å²) in [4.78, 5) is 27.0. The van der Waals surface area contributed by atoms with Crippen LogP contribution in [0.2, 0.25) is 0 Å². The minimum Gasteiger partial charge on any atom is -0.494 e. The number of anilines is 2. The van der Waals surface area contributed by atoms with E-state index < -0.39 is 0 Å². The van der Waals surface area contributed by atoms with Crippen molar-refractivity contribution in [3.63, 3.8) is 0 Å². The summed E-state index contributed by atoms with van der Waals surface area (Å²) < 4.78 is 16.9. The molecule has 3 aromatic rings. The second-order valence-electron chi connectivity index (χ2n) is 8.69. The molecule has 0 spiro atoms. The summed E-state index contributed by atoms with van der Waals surface area (Å²) >= 11 is 0. The van der Waals surface area contributed by atoms with Gasteiger partial charge in [0.2, 0.25) is 5.91 Å². The van der Waals surface area contributed by atoms with Crippen LogP contribution in [0.1, 0.15) is 30.9 Å². The highest BCUT2D eigenvalue weighted by atomic mass is 16.5. The molecule has 0 atom stereocenters. The molecule has 1 aliphatic heterocycles. The highest BCUT2D eigenvalue weighted by Gasteiger charge is 2.25. The average molecular weight is 489 g/mol. The van der Waals surface area contributed by atoms with Crippen LogP contribution in [0.4, 0.5) is 11.4 Å². The lowest BCUT2D eigenvalue weighted by atomic mass is 10.1. The van der Waals surface area contributed by atoms with Crippen LogP contribution in [-0.4, -0.2) is 38.2 Å².